The van der Waals surface area contributed by atoms with Crippen LogP contribution in [0, 0.1) is 0 Å². The number of likely N-dealkylation sites (tertiary alicyclic amines) is 1. The van der Waals surface area contributed by atoms with E-state index in [0.29, 0.717) is 18.4 Å². The van der Waals surface area contributed by atoms with E-state index in [-0.39, 0.29) is 0 Å². The van der Waals surface area contributed by atoms with Crippen LogP contribution in [0.1, 0.15) is 142 Å². The predicted molar refractivity (Wildman–Crippen MR) is 183 cm³/mol. The predicted octanol–water partition coefficient (Wildman–Crippen LogP) is 8.95. The Morgan fingerprint density at radius 1 is 0.700 bits per heavy atom. The minimum absolute atomic E-state index is 0.406. The van der Waals surface area contributed by atoms with Gasteiger partial charge in [0.1, 0.15) is 0 Å². The molecular formula is C34H70N2O2S2. The van der Waals surface area contributed by atoms with Gasteiger partial charge in [0, 0.05) is 30.6 Å². The van der Waals surface area contributed by atoms with Crippen molar-refractivity contribution in [3.8, 4) is 0 Å². The fourth-order valence-corrected chi connectivity index (χ4v) is 7.95. The summed E-state index contributed by atoms with van der Waals surface area (Å²) in [7, 11) is 0. The topological polar surface area (TPSA) is 44.7 Å². The Bertz CT molecular complexity index is 495. The molecule has 0 bridgehead atoms. The number of nitrogens with zero attached hydrogens (tertiary/aromatic N) is 1. The highest BCUT2D eigenvalue weighted by Crippen LogP contribution is 2.21. The van der Waals surface area contributed by atoms with Gasteiger partial charge < -0.3 is 20.1 Å². The second-order valence-electron chi connectivity index (χ2n) is 12.2. The molecule has 1 aliphatic heterocycles. The normalized spacial score (nSPS) is 15.7. The van der Waals surface area contributed by atoms with E-state index in [4.69, 9.17) is 4.74 Å². The molecule has 2 atom stereocenters. The largest absolute Gasteiger partial charge is 0.389 e. The van der Waals surface area contributed by atoms with E-state index in [0.717, 1.165) is 19.7 Å². The van der Waals surface area contributed by atoms with Crippen LogP contribution in [0.3, 0.4) is 0 Å². The number of unbranched alkanes of at least 4 members (excludes halogenated alkanes) is 16. The Kier molecular flexibility index (Phi) is 29.9. The van der Waals surface area contributed by atoms with Crippen LogP contribution in [0.2, 0.25) is 0 Å². The summed E-state index contributed by atoms with van der Waals surface area (Å²) < 4.78 is 6.05. The Balaban J connectivity index is 2.13. The zero-order chi connectivity index (χ0) is 28.8. The molecule has 1 fully saturated rings. The zero-order valence-electron chi connectivity index (χ0n) is 27.0. The van der Waals surface area contributed by atoms with Crippen LogP contribution >= 0.6 is 23.5 Å². The van der Waals surface area contributed by atoms with Gasteiger partial charge in [-0.25, -0.2) is 0 Å². The van der Waals surface area contributed by atoms with Gasteiger partial charge >= 0.3 is 0 Å². The molecule has 40 heavy (non-hydrogen) atoms. The fraction of sp³-hybridized carbons (Fsp3) is 1.00. The lowest BCUT2D eigenvalue weighted by molar-refractivity contribution is 0.0389. The lowest BCUT2D eigenvalue weighted by atomic mass is 10.1. The number of nitrogens with one attached hydrogen (secondary N) is 1. The summed E-state index contributed by atoms with van der Waals surface area (Å²) in [4.78, 5) is 2.51. The number of rotatable bonds is 32. The summed E-state index contributed by atoms with van der Waals surface area (Å²) in [6.45, 7) is 11.0. The zero-order valence-corrected chi connectivity index (χ0v) is 28.6. The van der Waals surface area contributed by atoms with E-state index in [1.54, 1.807) is 0 Å². The van der Waals surface area contributed by atoms with Crippen LogP contribution in [0.25, 0.3) is 0 Å². The van der Waals surface area contributed by atoms with Crippen molar-refractivity contribution in [2.24, 2.45) is 0 Å². The number of hydrogen-bond donors (Lipinski definition) is 2. The molecule has 0 aromatic rings. The Hall–Kier alpha value is 0.540. The average Bonchev–Trinajstić information content (AvgIpc) is 3.48. The summed E-state index contributed by atoms with van der Waals surface area (Å²) in [5, 5.41) is 14.3. The first-order valence-corrected chi connectivity index (χ1v) is 19.8. The van der Waals surface area contributed by atoms with Crippen molar-refractivity contribution in [1.82, 2.24) is 10.2 Å². The minimum Gasteiger partial charge on any atom is -0.389 e. The van der Waals surface area contributed by atoms with Crippen LogP contribution in [-0.4, -0.2) is 84.6 Å². The molecule has 240 valence electrons. The summed E-state index contributed by atoms with van der Waals surface area (Å²) in [5.41, 5.74) is 0. The molecule has 0 amide bonds. The smallest absolute Gasteiger partial charge is 0.0897 e. The van der Waals surface area contributed by atoms with Gasteiger partial charge in [-0.1, -0.05) is 117 Å². The molecule has 0 saturated carbocycles. The van der Waals surface area contributed by atoms with Crippen LogP contribution in [0.4, 0.5) is 0 Å². The summed E-state index contributed by atoms with van der Waals surface area (Å²) in [5.74, 6) is 3.72. The number of hydrogen-bond acceptors (Lipinski definition) is 6. The molecule has 0 radical (unpaired) electrons. The van der Waals surface area contributed by atoms with E-state index in [2.05, 4.69) is 47.6 Å². The van der Waals surface area contributed by atoms with Crippen LogP contribution in [0.15, 0.2) is 0 Å². The molecule has 1 aliphatic rings. The van der Waals surface area contributed by atoms with Gasteiger partial charge in [-0.2, -0.15) is 23.5 Å². The van der Waals surface area contributed by atoms with Gasteiger partial charge in [-0.3, -0.25) is 0 Å². The van der Waals surface area contributed by atoms with E-state index in [1.165, 1.54) is 159 Å². The third kappa shape index (κ3) is 26.2. The molecule has 4 nitrogen and oxygen atoms in total. The fourth-order valence-electron chi connectivity index (χ4n) is 5.44. The SMILES string of the molecule is CCCCCCCCCCCSCC(COCC(O)CNCCN1CCCC1)SCCCCCCCCCCC. The van der Waals surface area contributed by atoms with Crippen LogP contribution in [-0.2, 0) is 4.74 Å². The van der Waals surface area contributed by atoms with Gasteiger partial charge in [0.15, 0.2) is 0 Å². The number of thioether (sulfide) groups is 2. The third-order valence-corrected chi connectivity index (χ3v) is 10.8. The van der Waals surface area contributed by atoms with Gasteiger partial charge in [0.05, 0.1) is 19.3 Å². The summed E-state index contributed by atoms with van der Waals surface area (Å²) >= 11 is 4.24. The van der Waals surface area contributed by atoms with Crippen molar-refractivity contribution < 1.29 is 9.84 Å². The molecule has 6 heteroatoms. The van der Waals surface area contributed by atoms with Gasteiger partial charge in [-0.15, -0.1) is 0 Å². The van der Waals surface area contributed by atoms with Crippen LogP contribution in [0.5, 0.6) is 0 Å². The van der Waals surface area contributed by atoms with Gasteiger partial charge in [-0.05, 0) is 50.3 Å². The van der Waals surface area contributed by atoms with Crippen molar-refractivity contribution in [3.63, 3.8) is 0 Å². The maximum atomic E-state index is 10.4. The van der Waals surface area contributed by atoms with Crippen molar-refractivity contribution in [2.45, 2.75) is 154 Å². The van der Waals surface area contributed by atoms with E-state index in [9.17, 15) is 5.11 Å². The second-order valence-corrected chi connectivity index (χ2v) is 14.7. The van der Waals surface area contributed by atoms with Crippen molar-refractivity contribution >= 4 is 23.5 Å². The van der Waals surface area contributed by atoms with Crippen molar-refractivity contribution in [1.29, 1.82) is 0 Å². The molecule has 1 rings (SSSR count). The Morgan fingerprint density at radius 2 is 1.23 bits per heavy atom. The first-order valence-electron chi connectivity index (χ1n) is 17.6. The van der Waals surface area contributed by atoms with Crippen LogP contribution < -0.4 is 5.32 Å². The standard InChI is InChI=1S/C34H70N2O2S2/c1-3-5-7-9-11-13-15-17-21-27-39-32-34(40-28-22-18-16-14-12-10-8-6-4-2)31-38-30-33(37)29-35-23-26-36-24-19-20-25-36/h33-35,37H,3-32H2,1-2H3. The van der Waals surface area contributed by atoms with E-state index >= 15 is 0 Å². The summed E-state index contributed by atoms with van der Waals surface area (Å²) in [6, 6.07) is 0. The summed E-state index contributed by atoms with van der Waals surface area (Å²) in [6.07, 6.45) is 27.5. The molecule has 2 N–H and O–H groups in total. The first-order chi connectivity index (χ1) is 19.8. The molecule has 1 saturated heterocycles. The second kappa shape index (κ2) is 31.0. The number of ether oxygens (including phenoxy) is 1. The monoisotopic (exact) mass is 602 g/mol. The third-order valence-electron chi connectivity index (χ3n) is 8.09. The lowest BCUT2D eigenvalue weighted by Crippen LogP contribution is -2.36. The Morgan fingerprint density at radius 3 is 1.80 bits per heavy atom. The first kappa shape index (κ1) is 38.6. The maximum absolute atomic E-state index is 10.4. The van der Waals surface area contributed by atoms with Gasteiger partial charge in [0.2, 0.25) is 0 Å². The lowest BCUT2D eigenvalue weighted by Gasteiger charge is -2.19. The van der Waals surface area contributed by atoms with Crippen molar-refractivity contribution in [3.05, 3.63) is 0 Å². The number of aliphatic hydroxyl groups is 1. The molecular weight excluding hydrogens is 533 g/mol. The highest BCUT2D eigenvalue weighted by Gasteiger charge is 2.13. The molecule has 0 aromatic carbocycles. The molecule has 0 aliphatic carbocycles. The van der Waals surface area contributed by atoms with E-state index in [1.807, 2.05) is 0 Å². The molecule has 2 unspecified atom stereocenters. The molecule has 1 heterocycles. The van der Waals surface area contributed by atoms with Crippen molar-refractivity contribution in [2.75, 3.05) is 63.2 Å². The van der Waals surface area contributed by atoms with Gasteiger partial charge in [0.25, 0.3) is 0 Å². The minimum atomic E-state index is -0.406. The highest BCUT2D eigenvalue weighted by atomic mass is 32.2. The van der Waals surface area contributed by atoms with E-state index < -0.39 is 6.10 Å². The Labute approximate surface area is 259 Å². The quantitative estimate of drug-likeness (QED) is 0.0750. The molecule has 0 aromatic heterocycles. The maximum Gasteiger partial charge on any atom is 0.0897 e. The highest BCUT2D eigenvalue weighted by molar-refractivity contribution is 8.03. The molecule has 0 spiro atoms. The number of aliphatic hydroxyl groups excluding tert-OH is 1. The average molecular weight is 603 g/mol.